The van der Waals surface area contributed by atoms with Crippen LogP contribution in [-0.4, -0.2) is 31.9 Å². The van der Waals surface area contributed by atoms with Crippen molar-refractivity contribution in [2.75, 3.05) is 12.8 Å². The molecular formula is C14H23NO3S. The van der Waals surface area contributed by atoms with E-state index in [0.717, 1.165) is 5.56 Å². The summed E-state index contributed by atoms with van der Waals surface area (Å²) in [6.07, 6.45) is 1.88. The fourth-order valence-corrected chi connectivity index (χ4v) is 2.25. The van der Waals surface area contributed by atoms with Gasteiger partial charge in [-0.25, -0.2) is 8.42 Å². The number of sulfone groups is 1. The van der Waals surface area contributed by atoms with Gasteiger partial charge in [0.1, 0.15) is 0 Å². The molecule has 0 bridgehead atoms. The van der Waals surface area contributed by atoms with E-state index in [1.807, 2.05) is 13.8 Å². The Morgan fingerprint density at radius 2 is 1.84 bits per heavy atom. The maximum absolute atomic E-state index is 11.4. The second kappa shape index (κ2) is 6.03. The molecule has 1 aromatic rings. The summed E-state index contributed by atoms with van der Waals surface area (Å²) in [7, 11) is -3.15. The van der Waals surface area contributed by atoms with Gasteiger partial charge in [0.2, 0.25) is 0 Å². The van der Waals surface area contributed by atoms with E-state index in [2.05, 4.69) is 5.32 Å². The first kappa shape index (κ1) is 16.1. The first-order chi connectivity index (χ1) is 8.65. The minimum atomic E-state index is -3.15. The quantitative estimate of drug-likeness (QED) is 0.838. The highest BCUT2D eigenvalue weighted by Gasteiger charge is 2.18. The molecule has 0 fully saturated rings. The fourth-order valence-electron chi connectivity index (χ4n) is 1.62. The van der Waals surface area contributed by atoms with E-state index in [9.17, 15) is 13.5 Å². The molecule has 0 saturated heterocycles. The molecule has 0 radical (unpaired) electrons. The van der Waals surface area contributed by atoms with Crippen LogP contribution in [-0.2, 0) is 9.84 Å². The summed E-state index contributed by atoms with van der Waals surface area (Å²) < 4.78 is 22.7. The monoisotopic (exact) mass is 285 g/mol. The molecule has 0 saturated carbocycles. The molecule has 0 aliphatic carbocycles. The Morgan fingerprint density at radius 1 is 1.32 bits per heavy atom. The summed E-state index contributed by atoms with van der Waals surface area (Å²) in [6, 6.07) is 6.89. The van der Waals surface area contributed by atoms with Gasteiger partial charge in [-0.3, -0.25) is 0 Å². The van der Waals surface area contributed by atoms with Gasteiger partial charge in [-0.05, 0) is 38.0 Å². The zero-order valence-electron chi connectivity index (χ0n) is 12.0. The third kappa shape index (κ3) is 4.93. The molecule has 19 heavy (non-hydrogen) atoms. The van der Waals surface area contributed by atoms with E-state index in [1.54, 1.807) is 31.2 Å². The highest BCUT2D eigenvalue weighted by atomic mass is 32.2. The Hall–Kier alpha value is -0.910. The van der Waals surface area contributed by atoms with Crippen LogP contribution in [0.3, 0.4) is 0 Å². The summed E-state index contributed by atoms with van der Waals surface area (Å²) in [5.74, 6) is 0. The van der Waals surface area contributed by atoms with Gasteiger partial charge in [-0.1, -0.05) is 19.1 Å². The van der Waals surface area contributed by atoms with Gasteiger partial charge in [0, 0.05) is 18.8 Å². The molecule has 1 aromatic carbocycles. The van der Waals surface area contributed by atoms with Gasteiger partial charge in [0.15, 0.2) is 9.84 Å². The molecule has 0 aliphatic heterocycles. The van der Waals surface area contributed by atoms with Gasteiger partial charge in [-0.2, -0.15) is 0 Å². The maximum atomic E-state index is 11.4. The molecule has 0 heterocycles. The lowest BCUT2D eigenvalue weighted by Crippen LogP contribution is -2.38. The summed E-state index contributed by atoms with van der Waals surface area (Å²) in [6.45, 7) is 6.21. The van der Waals surface area contributed by atoms with E-state index >= 15 is 0 Å². The number of aliphatic hydroxyl groups is 1. The molecule has 5 heteroatoms. The normalized spacial score (nSPS) is 16.9. The smallest absolute Gasteiger partial charge is 0.175 e. The molecular weight excluding hydrogens is 262 g/mol. The molecule has 108 valence electrons. The summed E-state index contributed by atoms with van der Waals surface area (Å²) >= 11 is 0. The van der Waals surface area contributed by atoms with Crippen molar-refractivity contribution >= 4 is 9.84 Å². The zero-order valence-corrected chi connectivity index (χ0v) is 12.8. The molecule has 0 spiro atoms. The lowest BCUT2D eigenvalue weighted by atomic mass is 10.0. The van der Waals surface area contributed by atoms with Crippen molar-refractivity contribution in [2.45, 2.75) is 43.7 Å². The lowest BCUT2D eigenvalue weighted by molar-refractivity contribution is 0.0533. The van der Waals surface area contributed by atoms with Crippen molar-refractivity contribution in [1.82, 2.24) is 5.32 Å². The average Bonchev–Trinajstić information content (AvgIpc) is 2.35. The maximum Gasteiger partial charge on any atom is 0.175 e. The van der Waals surface area contributed by atoms with Gasteiger partial charge in [-0.15, -0.1) is 0 Å². The van der Waals surface area contributed by atoms with Crippen LogP contribution in [0.25, 0.3) is 0 Å². The van der Waals surface area contributed by atoms with Crippen LogP contribution in [0.1, 0.15) is 38.8 Å². The third-order valence-electron chi connectivity index (χ3n) is 3.36. The highest BCUT2D eigenvalue weighted by molar-refractivity contribution is 7.90. The predicted molar refractivity (Wildman–Crippen MR) is 76.9 cm³/mol. The Balaban J connectivity index is 2.71. The third-order valence-corrected chi connectivity index (χ3v) is 4.49. The second-order valence-corrected chi connectivity index (χ2v) is 7.31. The summed E-state index contributed by atoms with van der Waals surface area (Å²) in [4.78, 5) is 0.323. The summed E-state index contributed by atoms with van der Waals surface area (Å²) in [5.41, 5.74) is 0.278. The van der Waals surface area contributed by atoms with Crippen LogP contribution in [0.2, 0.25) is 0 Å². The second-order valence-electron chi connectivity index (χ2n) is 5.29. The molecule has 2 unspecified atom stereocenters. The molecule has 0 aliphatic rings. The van der Waals surface area contributed by atoms with E-state index in [1.165, 1.54) is 6.26 Å². The Morgan fingerprint density at radius 3 is 2.26 bits per heavy atom. The Labute approximate surface area is 115 Å². The van der Waals surface area contributed by atoms with Crippen molar-refractivity contribution in [3.8, 4) is 0 Å². The first-order valence-corrected chi connectivity index (χ1v) is 8.30. The van der Waals surface area contributed by atoms with Crippen LogP contribution in [0.5, 0.6) is 0 Å². The van der Waals surface area contributed by atoms with E-state index in [-0.39, 0.29) is 6.04 Å². The van der Waals surface area contributed by atoms with Crippen molar-refractivity contribution < 1.29 is 13.5 Å². The summed E-state index contributed by atoms with van der Waals surface area (Å²) in [5, 5.41) is 13.2. The Bertz CT molecular complexity index is 506. The highest BCUT2D eigenvalue weighted by Crippen LogP contribution is 2.17. The Kier molecular flexibility index (Phi) is 5.12. The van der Waals surface area contributed by atoms with Crippen molar-refractivity contribution in [3.05, 3.63) is 29.8 Å². The van der Waals surface area contributed by atoms with Crippen LogP contribution < -0.4 is 5.32 Å². The SMILES string of the molecule is CCC(C)(O)CNC(C)c1ccc(S(C)(=O)=O)cc1. The average molecular weight is 285 g/mol. The van der Waals surface area contributed by atoms with Crippen LogP contribution in [0, 0.1) is 0 Å². The zero-order chi connectivity index (χ0) is 14.7. The van der Waals surface area contributed by atoms with Crippen LogP contribution >= 0.6 is 0 Å². The number of benzene rings is 1. The molecule has 0 aromatic heterocycles. The van der Waals surface area contributed by atoms with Crippen LogP contribution in [0.4, 0.5) is 0 Å². The fraction of sp³-hybridized carbons (Fsp3) is 0.571. The predicted octanol–water partition coefficient (Wildman–Crippen LogP) is 1.90. The number of hydrogen-bond acceptors (Lipinski definition) is 4. The number of nitrogens with one attached hydrogen (secondary N) is 1. The minimum Gasteiger partial charge on any atom is -0.389 e. The topological polar surface area (TPSA) is 66.4 Å². The molecule has 0 amide bonds. The van der Waals surface area contributed by atoms with E-state index in [0.29, 0.717) is 17.9 Å². The van der Waals surface area contributed by atoms with Crippen LogP contribution in [0.15, 0.2) is 29.2 Å². The first-order valence-electron chi connectivity index (χ1n) is 6.41. The molecule has 4 nitrogen and oxygen atoms in total. The largest absolute Gasteiger partial charge is 0.389 e. The van der Waals surface area contributed by atoms with Crippen molar-refractivity contribution in [2.24, 2.45) is 0 Å². The van der Waals surface area contributed by atoms with E-state index in [4.69, 9.17) is 0 Å². The van der Waals surface area contributed by atoms with Gasteiger partial charge >= 0.3 is 0 Å². The number of hydrogen-bond donors (Lipinski definition) is 2. The van der Waals surface area contributed by atoms with Crippen molar-refractivity contribution in [1.29, 1.82) is 0 Å². The van der Waals surface area contributed by atoms with Gasteiger partial charge in [0.25, 0.3) is 0 Å². The van der Waals surface area contributed by atoms with E-state index < -0.39 is 15.4 Å². The molecule has 2 atom stereocenters. The van der Waals surface area contributed by atoms with Gasteiger partial charge in [0.05, 0.1) is 10.5 Å². The molecule has 1 rings (SSSR count). The molecule has 2 N–H and O–H groups in total. The van der Waals surface area contributed by atoms with Gasteiger partial charge < -0.3 is 10.4 Å². The van der Waals surface area contributed by atoms with Crippen molar-refractivity contribution in [3.63, 3.8) is 0 Å². The number of rotatable bonds is 6. The minimum absolute atomic E-state index is 0.0617. The standard InChI is InChI=1S/C14H23NO3S/c1-5-14(3,16)10-15-11(2)12-6-8-13(9-7-12)19(4,17)18/h6-9,11,15-16H,5,10H2,1-4H3. The lowest BCUT2D eigenvalue weighted by Gasteiger charge is -2.24.